The molecular weight excluding hydrogens is 270 g/mol. The molecule has 0 aliphatic carbocycles. The standard InChI is InChI=1S/C14H23N5S/c1-12-13(19-9-10-20-14(19)16-12)11-15-3-4-18-7-5-17(2)6-8-18/h9-10,15H,3-8,11H2,1-2H3. The molecule has 3 heterocycles. The van der Waals surface area contributed by atoms with E-state index >= 15 is 0 Å². The van der Waals surface area contributed by atoms with Gasteiger partial charge in [-0.25, -0.2) is 4.98 Å². The van der Waals surface area contributed by atoms with Gasteiger partial charge >= 0.3 is 0 Å². The third-order valence-corrected chi connectivity index (χ3v) is 4.81. The summed E-state index contributed by atoms with van der Waals surface area (Å²) in [5.41, 5.74) is 2.43. The molecule has 3 rings (SSSR count). The summed E-state index contributed by atoms with van der Waals surface area (Å²) in [6.45, 7) is 9.94. The number of rotatable bonds is 5. The van der Waals surface area contributed by atoms with Gasteiger partial charge in [-0.05, 0) is 14.0 Å². The fraction of sp³-hybridized carbons (Fsp3) is 0.643. The Bertz CT molecular complexity index is 553. The van der Waals surface area contributed by atoms with E-state index in [-0.39, 0.29) is 0 Å². The molecule has 1 aliphatic heterocycles. The van der Waals surface area contributed by atoms with E-state index in [1.54, 1.807) is 11.3 Å². The smallest absolute Gasteiger partial charge is 0.194 e. The van der Waals surface area contributed by atoms with Crippen LogP contribution in [0.2, 0.25) is 0 Å². The van der Waals surface area contributed by atoms with Gasteiger partial charge in [-0.15, -0.1) is 11.3 Å². The van der Waals surface area contributed by atoms with Gasteiger partial charge in [0.1, 0.15) is 0 Å². The van der Waals surface area contributed by atoms with E-state index in [0.717, 1.165) is 30.3 Å². The molecule has 0 aromatic carbocycles. The first kappa shape index (κ1) is 14.0. The molecule has 5 nitrogen and oxygen atoms in total. The maximum absolute atomic E-state index is 4.58. The molecule has 0 radical (unpaired) electrons. The molecule has 0 bridgehead atoms. The molecule has 0 unspecified atom stereocenters. The van der Waals surface area contributed by atoms with Gasteiger partial charge in [0.15, 0.2) is 4.96 Å². The summed E-state index contributed by atoms with van der Waals surface area (Å²) in [6, 6.07) is 0. The van der Waals surface area contributed by atoms with Gasteiger partial charge < -0.3 is 10.2 Å². The number of nitrogens with zero attached hydrogens (tertiary/aromatic N) is 4. The van der Waals surface area contributed by atoms with Crippen molar-refractivity contribution >= 4 is 16.3 Å². The Balaban J connectivity index is 1.46. The fourth-order valence-corrected chi connectivity index (χ4v) is 3.45. The predicted octanol–water partition coefficient (Wildman–Crippen LogP) is 1.04. The van der Waals surface area contributed by atoms with Gasteiger partial charge in [0.05, 0.1) is 11.4 Å². The third-order valence-electron chi connectivity index (χ3n) is 4.05. The highest BCUT2D eigenvalue weighted by molar-refractivity contribution is 7.15. The summed E-state index contributed by atoms with van der Waals surface area (Å²) in [5.74, 6) is 0. The quantitative estimate of drug-likeness (QED) is 0.836. The Hall–Kier alpha value is -0.950. The van der Waals surface area contributed by atoms with Crippen molar-refractivity contribution in [2.75, 3.05) is 46.3 Å². The predicted molar refractivity (Wildman–Crippen MR) is 83.4 cm³/mol. The molecule has 2 aromatic rings. The number of piperazine rings is 1. The first-order chi connectivity index (χ1) is 9.74. The van der Waals surface area contributed by atoms with Gasteiger partial charge in [0.25, 0.3) is 0 Å². The van der Waals surface area contributed by atoms with Crippen LogP contribution in [0.3, 0.4) is 0 Å². The SMILES string of the molecule is Cc1nc2sccn2c1CNCCN1CCN(C)CC1. The van der Waals surface area contributed by atoms with Gasteiger partial charge in [-0.2, -0.15) is 0 Å². The van der Waals surface area contributed by atoms with Crippen molar-refractivity contribution in [2.24, 2.45) is 0 Å². The minimum Gasteiger partial charge on any atom is -0.310 e. The Labute approximate surface area is 124 Å². The van der Waals surface area contributed by atoms with E-state index in [1.807, 2.05) is 0 Å². The van der Waals surface area contributed by atoms with E-state index in [9.17, 15) is 0 Å². The summed E-state index contributed by atoms with van der Waals surface area (Å²) in [6.07, 6.45) is 2.11. The molecule has 1 N–H and O–H groups in total. The van der Waals surface area contributed by atoms with Crippen molar-refractivity contribution in [3.05, 3.63) is 23.0 Å². The minimum absolute atomic E-state index is 0.900. The van der Waals surface area contributed by atoms with Crippen molar-refractivity contribution in [3.63, 3.8) is 0 Å². The van der Waals surface area contributed by atoms with E-state index in [1.165, 1.54) is 31.9 Å². The summed E-state index contributed by atoms with van der Waals surface area (Å²) in [7, 11) is 2.20. The van der Waals surface area contributed by atoms with Crippen LogP contribution in [0, 0.1) is 6.92 Å². The van der Waals surface area contributed by atoms with Crippen LogP contribution in [0.1, 0.15) is 11.4 Å². The highest BCUT2D eigenvalue weighted by Crippen LogP contribution is 2.16. The molecular formula is C14H23N5S. The Morgan fingerprint density at radius 1 is 1.30 bits per heavy atom. The number of thiazole rings is 1. The van der Waals surface area contributed by atoms with Crippen LogP contribution >= 0.6 is 11.3 Å². The highest BCUT2D eigenvalue weighted by atomic mass is 32.1. The number of hydrogen-bond acceptors (Lipinski definition) is 5. The molecule has 20 heavy (non-hydrogen) atoms. The van der Waals surface area contributed by atoms with Gasteiger partial charge in [-0.3, -0.25) is 9.30 Å². The number of hydrogen-bond donors (Lipinski definition) is 1. The average molecular weight is 293 g/mol. The summed E-state index contributed by atoms with van der Waals surface area (Å²) < 4.78 is 2.20. The van der Waals surface area contributed by atoms with Crippen LogP contribution in [0.5, 0.6) is 0 Å². The molecule has 0 spiro atoms. The third kappa shape index (κ3) is 3.03. The van der Waals surface area contributed by atoms with Crippen LogP contribution in [0.15, 0.2) is 11.6 Å². The lowest BCUT2D eigenvalue weighted by molar-refractivity contribution is 0.154. The maximum atomic E-state index is 4.58. The molecule has 6 heteroatoms. The number of nitrogens with one attached hydrogen (secondary N) is 1. The zero-order chi connectivity index (χ0) is 13.9. The second kappa shape index (κ2) is 6.22. The van der Waals surface area contributed by atoms with Crippen LogP contribution in [0.4, 0.5) is 0 Å². The van der Waals surface area contributed by atoms with Crippen LogP contribution in [-0.2, 0) is 6.54 Å². The highest BCUT2D eigenvalue weighted by Gasteiger charge is 2.13. The maximum Gasteiger partial charge on any atom is 0.194 e. The number of aromatic nitrogens is 2. The number of aryl methyl sites for hydroxylation is 1. The van der Waals surface area contributed by atoms with E-state index in [2.05, 4.69) is 50.0 Å². The van der Waals surface area contributed by atoms with Crippen molar-refractivity contribution in [1.29, 1.82) is 0 Å². The number of fused-ring (bicyclic) bond motifs is 1. The minimum atomic E-state index is 0.900. The van der Waals surface area contributed by atoms with Gasteiger partial charge in [0.2, 0.25) is 0 Å². The Kier molecular flexibility index (Phi) is 4.35. The van der Waals surface area contributed by atoms with Crippen molar-refractivity contribution in [3.8, 4) is 0 Å². The second-order valence-corrected chi connectivity index (χ2v) is 6.39. The second-order valence-electron chi connectivity index (χ2n) is 5.52. The first-order valence-electron chi connectivity index (χ1n) is 7.26. The lowest BCUT2D eigenvalue weighted by Gasteiger charge is -2.32. The average Bonchev–Trinajstić information content (AvgIpc) is 2.98. The molecule has 0 amide bonds. The topological polar surface area (TPSA) is 35.8 Å². The molecule has 1 fully saturated rings. The van der Waals surface area contributed by atoms with E-state index in [0.29, 0.717) is 0 Å². The molecule has 110 valence electrons. The molecule has 0 atom stereocenters. The van der Waals surface area contributed by atoms with Gasteiger partial charge in [-0.1, -0.05) is 0 Å². The largest absolute Gasteiger partial charge is 0.310 e. The summed E-state index contributed by atoms with van der Waals surface area (Å²) >= 11 is 1.70. The van der Waals surface area contributed by atoms with Crippen LogP contribution in [-0.4, -0.2) is 65.5 Å². The molecule has 1 saturated heterocycles. The first-order valence-corrected chi connectivity index (χ1v) is 8.14. The lowest BCUT2D eigenvalue weighted by Crippen LogP contribution is -2.46. The van der Waals surface area contributed by atoms with Crippen LogP contribution < -0.4 is 5.32 Å². The molecule has 2 aromatic heterocycles. The van der Waals surface area contributed by atoms with Crippen LogP contribution in [0.25, 0.3) is 4.96 Å². The number of likely N-dealkylation sites (N-methyl/N-ethyl adjacent to an activating group) is 1. The Morgan fingerprint density at radius 3 is 2.90 bits per heavy atom. The zero-order valence-electron chi connectivity index (χ0n) is 12.3. The molecule has 0 saturated carbocycles. The van der Waals surface area contributed by atoms with E-state index in [4.69, 9.17) is 0 Å². The summed E-state index contributed by atoms with van der Waals surface area (Å²) in [4.78, 5) is 10.6. The lowest BCUT2D eigenvalue weighted by atomic mass is 10.3. The van der Waals surface area contributed by atoms with E-state index < -0.39 is 0 Å². The number of imidazole rings is 1. The normalized spacial score (nSPS) is 18.1. The summed E-state index contributed by atoms with van der Waals surface area (Å²) in [5, 5.41) is 5.65. The van der Waals surface area contributed by atoms with Crippen molar-refractivity contribution in [1.82, 2.24) is 24.5 Å². The van der Waals surface area contributed by atoms with Crippen molar-refractivity contribution < 1.29 is 0 Å². The fourth-order valence-electron chi connectivity index (χ4n) is 2.67. The van der Waals surface area contributed by atoms with Crippen molar-refractivity contribution in [2.45, 2.75) is 13.5 Å². The zero-order valence-corrected chi connectivity index (χ0v) is 13.1. The molecule has 1 aliphatic rings. The van der Waals surface area contributed by atoms with Gasteiger partial charge in [0, 0.05) is 57.4 Å². The Morgan fingerprint density at radius 2 is 2.10 bits per heavy atom. The monoisotopic (exact) mass is 293 g/mol.